The van der Waals surface area contributed by atoms with Gasteiger partial charge in [-0.15, -0.1) is 4.83 Å². The van der Waals surface area contributed by atoms with Gasteiger partial charge in [0.05, 0.1) is 12.0 Å². The smallest absolute Gasteiger partial charge is 0.422 e. The van der Waals surface area contributed by atoms with Crippen molar-refractivity contribution in [3.63, 3.8) is 0 Å². The molecule has 0 heterocycles. The van der Waals surface area contributed by atoms with Crippen molar-refractivity contribution in [3.05, 3.63) is 28.8 Å². The van der Waals surface area contributed by atoms with Crippen LogP contribution in [0.3, 0.4) is 0 Å². The molecule has 0 unspecified atom stereocenters. The molecular formula is C9H11ClN2O4S. The van der Waals surface area contributed by atoms with E-state index in [2.05, 4.69) is 4.74 Å². The SMILES string of the molecule is COC(=O)NNS(=O)(=O)c1ccc(Cl)cc1C. The largest absolute Gasteiger partial charge is 0.452 e. The van der Waals surface area contributed by atoms with E-state index in [0.29, 0.717) is 10.6 Å². The highest BCUT2D eigenvalue weighted by Crippen LogP contribution is 2.18. The predicted molar refractivity (Wildman–Crippen MR) is 62.1 cm³/mol. The highest BCUT2D eigenvalue weighted by molar-refractivity contribution is 7.89. The van der Waals surface area contributed by atoms with Gasteiger partial charge in [-0.25, -0.2) is 18.6 Å². The Hall–Kier alpha value is -1.31. The van der Waals surface area contributed by atoms with Crippen molar-refractivity contribution in [2.75, 3.05) is 7.11 Å². The topological polar surface area (TPSA) is 84.5 Å². The molecule has 1 amide bonds. The number of hydrogen-bond donors (Lipinski definition) is 2. The number of carbonyl (C=O) groups excluding carboxylic acids is 1. The van der Waals surface area contributed by atoms with E-state index in [4.69, 9.17) is 11.6 Å². The quantitative estimate of drug-likeness (QED) is 0.814. The van der Waals surface area contributed by atoms with Crippen LogP contribution in [0, 0.1) is 6.92 Å². The molecule has 1 aromatic carbocycles. The molecule has 0 bridgehead atoms. The number of sulfonamides is 1. The molecule has 1 rings (SSSR count). The van der Waals surface area contributed by atoms with Gasteiger partial charge < -0.3 is 4.74 Å². The van der Waals surface area contributed by atoms with E-state index in [-0.39, 0.29) is 4.90 Å². The molecular weight excluding hydrogens is 268 g/mol. The molecule has 0 aliphatic rings. The van der Waals surface area contributed by atoms with Crippen molar-refractivity contribution in [1.82, 2.24) is 10.3 Å². The highest BCUT2D eigenvalue weighted by atomic mass is 35.5. The monoisotopic (exact) mass is 278 g/mol. The van der Waals surface area contributed by atoms with Gasteiger partial charge >= 0.3 is 6.09 Å². The number of benzene rings is 1. The molecule has 94 valence electrons. The fourth-order valence-corrected chi connectivity index (χ4v) is 2.41. The van der Waals surface area contributed by atoms with E-state index in [1.54, 1.807) is 6.92 Å². The van der Waals surface area contributed by atoms with Gasteiger partial charge in [-0.1, -0.05) is 11.6 Å². The number of methoxy groups -OCH3 is 1. The van der Waals surface area contributed by atoms with E-state index in [9.17, 15) is 13.2 Å². The van der Waals surface area contributed by atoms with Crippen LogP contribution in [-0.2, 0) is 14.8 Å². The molecule has 0 radical (unpaired) electrons. The fraction of sp³-hybridized carbons (Fsp3) is 0.222. The van der Waals surface area contributed by atoms with Crippen LogP contribution in [-0.4, -0.2) is 21.6 Å². The molecule has 0 aromatic heterocycles. The van der Waals surface area contributed by atoms with Gasteiger partial charge in [0.25, 0.3) is 10.0 Å². The summed E-state index contributed by atoms with van der Waals surface area (Å²) in [5.74, 6) is 0. The van der Waals surface area contributed by atoms with Crippen molar-refractivity contribution >= 4 is 27.7 Å². The number of rotatable bonds is 3. The van der Waals surface area contributed by atoms with E-state index in [0.717, 1.165) is 7.11 Å². The number of aryl methyl sites for hydroxylation is 1. The molecule has 17 heavy (non-hydrogen) atoms. The first-order valence-corrected chi connectivity index (χ1v) is 6.35. The first-order valence-electron chi connectivity index (χ1n) is 4.49. The second-order valence-corrected chi connectivity index (χ2v) is 5.22. The maximum atomic E-state index is 11.8. The summed E-state index contributed by atoms with van der Waals surface area (Å²) in [7, 11) is -2.71. The molecule has 0 fully saturated rings. The molecule has 0 aliphatic carbocycles. The molecule has 6 nitrogen and oxygen atoms in total. The van der Waals surface area contributed by atoms with Crippen molar-refractivity contribution in [1.29, 1.82) is 0 Å². The number of ether oxygens (including phenoxy) is 1. The Morgan fingerprint density at radius 3 is 2.59 bits per heavy atom. The molecule has 1 aromatic rings. The van der Waals surface area contributed by atoms with Crippen LogP contribution >= 0.6 is 11.6 Å². The zero-order valence-corrected chi connectivity index (χ0v) is 10.7. The van der Waals surface area contributed by atoms with Gasteiger partial charge in [-0.3, -0.25) is 0 Å². The molecule has 2 N–H and O–H groups in total. The summed E-state index contributed by atoms with van der Waals surface area (Å²) in [4.78, 5) is 12.7. The standard InChI is InChI=1S/C9H11ClN2O4S/c1-6-5-7(10)3-4-8(6)17(14,15)12-11-9(13)16-2/h3-5,12H,1-2H3,(H,11,13). The lowest BCUT2D eigenvalue weighted by molar-refractivity contribution is 0.169. The molecule has 8 heteroatoms. The number of amides is 1. The summed E-state index contributed by atoms with van der Waals surface area (Å²) < 4.78 is 27.8. The van der Waals surface area contributed by atoms with Gasteiger partial charge in [0.1, 0.15) is 0 Å². The van der Waals surface area contributed by atoms with Crippen LogP contribution in [0.15, 0.2) is 23.1 Å². The Labute approximate surface area is 104 Å². The molecule has 0 atom stereocenters. The van der Waals surface area contributed by atoms with E-state index in [1.807, 2.05) is 10.3 Å². The summed E-state index contributed by atoms with van der Waals surface area (Å²) in [5, 5.41) is 0.433. The Morgan fingerprint density at radius 1 is 1.41 bits per heavy atom. The second kappa shape index (κ2) is 5.35. The van der Waals surface area contributed by atoms with E-state index < -0.39 is 16.1 Å². The lowest BCUT2D eigenvalue weighted by Crippen LogP contribution is -2.41. The third-order valence-corrected chi connectivity index (χ3v) is 3.54. The van der Waals surface area contributed by atoms with Gasteiger partial charge in [0.2, 0.25) is 0 Å². The van der Waals surface area contributed by atoms with E-state index in [1.165, 1.54) is 18.2 Å². The van der Waals surface area contributed by atoms with Crippen molar-refractivity contribution in [2.45, 2.75) is 11.8 Å². The molecule has 0 saturated carbocycles. The third kappa shape index (κ3) is 3.58. The number of carbonyl (C=O) groups is 1. The minimum absolute atomic E-state index is 0.0262. The Morgan fingerprint density at radius 2 is 2.06 bits per heavy atom. The molecule has 0 saturated heterocycles. The highest BCUT2D eigenvalue weighted by Gasteiger charge is 2.17. The number of halogens is 1. The normalized spacial score (nSPS) is 11.0. The lowest BCUT2D eigenvalue weighted by atomic mass is 10.2. The van der Waals surface area contributed by atoms with Crippen LogP contribution in [0.2, 0.25) is 5.02 Å². The van der Waals surface area contributed by atoms with Gasteiger partial charge in [-0.05, 0) is 30.7 Å². The minimum Gasteiger partial charge on any atom is -0.452 e. The predicted octanol–water partition coefficient (Wildman–Crippen LogP) is 1.20. The minimum atomic E-state index is -3.83. The number of hydrazine groups is 1. The average molecular weight is 279 g/mol. The summed E-state index contributed by atoms with van der Waals surface area (Å²) in [6, 6.07) is 4.30. The maximum absolute atomic E-state index is 11.8. The number of nitrogens with one attached hydrogen (secondary N) is 2. The van der Waals surface area contributed by atoms with Crippen LogP contribution < -0.4 is 10.3 Å². The Bertz CT molecular complexity index is 530. The summed E-state index contributed by atoms with van der Waals surface area (Å²) in [6.45, 7) is 1.60. The lowest BCUT2D eigenvalue weighted by Gasteiger charge is -2.09. The molecule has 0 spiro atoms. The number of hydrogen-bond acceptors (Lipinski definition) is 4. The van der Waals surface area contributed by atoms with Crippen LogP contribution in [0.4, 0.5) is 4.79 Å². The van der Waals surface area contributed by atoms with Crippen molar-refractivity contribution < 1.29 is 17.9 Å². The van der Waals surface area contributed by atoms with Gasteiger partial charge in [-0.2, -0.15) is 0 Å². The van der Waals surface area contributed by atoms with E-state index >= 15 is 0 Å². The average Bonchev–Trinajstić information content (AvgIpc) is 2.25. The zero-order chi connectivity index (χ0) is 13.1. The summed E-state index contributed by atoms with van der Waals surface area (Å²) in [5.41, 5.74) is 2.35. The van der Waals surface area contributed by atoms with Crippen LogP contribution in [0.5, 0.6) is 0 Å². The van der Waals surface area contributed by atoms with Crippen LogP contribution in [0.25, 0.3) is 0 Å². The van der Waals surface area contributed by atoms with Gasteiger partial charge in [0.15, 0.2) is 0 Å². The van der Waals surface area contributed by atoms with Crippen molar-refractivity contribution in [2.24, 2.45) is 0 Å². The maximum Gasteiger partial charge on any atom is 0.422 e. The van der Waals surface area contributed by atoms with Crippen LogP contribution in [0.1, 0.15) is 5.56 Å². The van der Waals surface area contributed by atoms with Gasteiger partial charge in [0, 0.05) is 5.02 Å². The first kappa shape index (κ1) is 13.8. The summed E-state index contributed by atoms with van der Waals surface area (Å²) >= 11 is 5.71. The fourth-order valence-electron chi connectivity index (χ4n) is 1.13. The Balaban J connectivity index is 2.94. The summed E-state index contributed by atoms with van der Waals surface area (Å²) in [6.07, 6.45) is -0.903. The third-order valence-electron chi connectivity index (χ3n) is 1.90. The zero-order valence-electron chi connectivity index (χ0n) is 9.15. The Kier molecular flexibility index (Phi) is 4.33. The van der Waals surface area contributed by atoms with Crippen molar-refractivity contribution in [3.8, 4) is 0 Å². The second-order valence-electron chi connectivity index (χ2n) is 3.13. The first-order chi connectivity index (χ1) is 7.86. The molecule has 0 aliphatic heterocycles.